The van der Waals surface area contributed by atoms with Gasteiger partial charge in [-0.15, -0.1) is 0 Å². The summed E-state index contributed by atoms with van der Waals surface area (Å²) in [5.74, 6) is -1.67. The van der Waals surface area contributed by atoms with Crippen LogP contribution in [0.5, 0.6) is 0 Å². The van der Waals surface area contributed by atoms with Crippen LogP contribution < -0.4 is 0 Å². The van der Waals surface area contributed by atoms with Crippen LogP contribution >= 0.6 is 0 Å². The second-order valence-electron chi connectivity index (χ2n) is 8.38. The van der Waals surface area contributed by atoms with Crippen molar-refractivity contribution in [3.05, 3.63) is 48.0 Å². The lowest BCUT2D eigenvalue weighted by Gasteiger charge is -2.60. The minimum absolute atomic E-state index is 0.297. The molecule has 7 nitrogen and oxygen atoms in total. The Bertz CT molecular complexity index is 869. The van der Waals surface area contributed by atoms with Crippen molar-refractivity contribution in [3.8, 4) is 0 Å². The Morgan fingerprint density at radius 1 is 1.32 bits per heavy atom. The van der Waals surface area contributed by atoms with Gasteiger partial charge in [0.25, 0.3) is 0 Å². The molecule has 0 spiro atoms. The van der Waals surface area contributed by atoms with Gasteiger partial charge in [-0.3, -0.25) is 0 Å². The molecule has 1 fully saturated rings. The molecule has 1 aliphatic heterocycles. The fourth-order valence-electron chi connectivity index (χ4n) is 5.28. The fourth-order valence-corrected chi connectivity index (χ4v) is 5.28. The van der Waals surface area contributed by atoms with Crippen LogP contribution in [-0.4, -0.2) is 41.0 Å². The molecule has 4 rings (SSSR count). The van der Waals surface area contributed by atoms with Crippen LogP contribution in [0.4, 0.5) is 0 Å². The summed E-state index contributed by atoms with van der Waals surface area (Å²) in [4.78, 5) is 25.3. The average molecular weight is 388 g/mol. The number of esters is 2. The maximum atomic E-state index is 12.9. The van der Waals surface area contributed by atoms with E-state index in [-0.39, 0.29) is 0 Å². The van der Waals surface area contributed by atoms with E-state index in [4.69, 9.17) is 13.9 Å². The molecule has 2 heterocycles. The van der Waals surface area contributed by atoms with Crippen molar-refractivity contribution in [2.24, 2.45) is 16.7 Å². The number of hydrogen-bond donors (Lipinski definition) is 2. The molecular weight excluding hydrogens is 364 g/mol. The highest BCUT2D eigenvalue weighted by atomic mass is 16.6. The van der Waals surface area contributed by atoms with Gasteiger partial charge in [0.05, 0.1) is 25.7 Å². The molecule has 0 radical (unpaired) electrons. The minimum atomic E-state index is -1.85. The molecule has 0 saturated carbocycles. The first-order valence-electron chi connectivity index (χ1n) is 9.30. The van der Waals surface area contributed by atoms with E-state index >= 15 is 0 Å². The van der Waals surface area contributed by atoms with Gasteiger partial charge in [-0.1, -0.05) is 19.9 Å². The zero-order valence-electron chi connectivity index (χ0n) is 16.0. The molecule has 7 heteroatoms. The molecule has 1 aromatic rings. The molecule has 0 unspecified atom stereocenters. The predicted octanol–water partition coefficient (Wildman–Crippen LogP) is 2.06. The molecule has 3 aliphatic rings. The Morgan fingerprint density at radius 2 is 2.07 bits per heavy atom. The van der Waals surface area contributed by atoms with Gasteiger partial charge in [-0.2, -0.15) is 0 Å². The number of carbonyl (C=O) groups excluding carboxylic acids is 2. The molecule has 2 aliphatic carbocycles. The molecule has 28 heavy (non-hydrogen) atoms. The second-order valence-corrected chi connectivity index (χ2v) is 8.38. The minimum Gasteiger partial charge on any atom is -0.472 e. The smallest absolute Gasteiger partial charge is 0.343 e. The molecule has 1 saturated heterocycles. The molecule has 0 bridgehead atoms. The van der Waals surface area contributed by atoms with Crippen molar-refractivity contribution in [1.29, 1.82) is 0 Å². The Hall–Kier alpha value is -2.38. The van der Waals surface area contributed by atoms with E-state index in [2.05, 4.69) is 0 Å². The first-order chi connectivity index (χ1) is 13.2. The number of rotatable bonds is 2. The number of cyclic esters (lactones) is 1. The summed E-state index contributed by atoms with van der Waals surface area (Å²) >= 11 is 0. The number of aliphatic hydroxyl groups is 2. The standard InChI is InChI=1S/C21H24O7/c1-19-5-6-21(25)18(24)28-15(12-4-7-27-11-12)10-20(21,2)16(19)9-13(22)8-14(19)17(23)26-3/h4-8,11,13,15-16,22,25H,9-10H2,1-3H3/t13-,15-,16-,19-,20-,21-/m0/s1. The normalized spacial score (nSPS) is 42.1. The average Bonchev–Trinajstić information content (AvgIpc) is 3.19. The lowest BCUT2D eigenvalue weighted by molar-refractivity contribution is -0.217. The maximum absolute atomic E-state index is 12.9. The van der Waals surface area contributed by atoms with Crippen LogP contribution in [0, 0.1) is 16.7 Å². The topological polar surface area (TPSA) is 106 Å². The van der Waals surface area contributed by atoms with Crippen LogP contribution in [0.1, 0.15) is 38.4 Å². The van der Waals surface area contributed by atoms with Gasteiger partial charge in [0.1, 0.15) is 6.10 Å². The maximum Gasteiger partial charge on any atom is 0.343 e. The zero-order valence-corrected chi connectivity index (χ0v) is 16.0. The molecule has 1 aromatic heterocycles. The van der Waals surface area contributed by atoms with Crippen molar-refractivity contribution in [2.75, 3.05) is 7.11 Å². The summed E-state index contributed by atoms with van der Waals surface area (Å²) in [6.45, 7) is 3.69. The number of fused-ring (bicyclic) bond motifs is 3. The van der Waals surface area contributed by atoms with Crippen molar-refractivity contribution < 1.29 is 33.7 Å². The number of allylic oxidation sites excluding steroid dienone is 1. The van der Waals surface area contributed by atoms with Crippen LogP contribution in [0.15, 0.2) is 46.8 Å². The number of ether oxygens (including phenoxy) is 2. The SMILES string of the molecule is COC(=O)C1=C[C@H](O)C[C@H]2[C@@]1(C)C=C[C@]1(O)C(=O)O[C@H](c3ccoc3)C[C@@]21C. The van der Waals surface area contributed by atoms with E-state index in [0.29, 0.717) is 24.0 Å². The van der Waals surface area contributed by atoms with Crippen LogP contribution in [0.2, 0.25) is 0 Å². The quantitative estimate of drug-likeness (QED) is 0.590. The van der Waals surface area contributed by atoms with Gasteiger partial charge in [-0.05, 0) is 37.0 Å². The zero-order chi connectivity index (χ0) is 20.3. The summed E-state index contributed by atoms with van der Waals surface area (Å²) in [7, 11) is 1.29. The van der Waals surface area contributed by atoms with Crippen molar-refractivity contribution in [3.63, 3.8) is 0 Å². The third-order valence-corrected chi connectivity index (χ3v) is 6.94. The summed E-state index contributed by atoms with van der Waals surface area (Å²) in [5, 5.41) is 21.8. The third kappa shape index (κ3) is 2.36. The van der Waals surface area contributed by atoms with E-state index in [1.165, 1.54) is 31.8 Å². The first kappa shape index (κ1) is 19.0. The highest BCUT2D eigenvalue weighted by Crippen LogP contribution is 2.63. The van der Waals surface area contributed by atoms with Gasteiger partial charge >= 0.3 is 11.9 Å². The fraction of sp³-hybridized carbons (Fsp3) is 0.524. The molecule has 6 atom stereocenters. The van der Waals surface area contributed by atoms with Crippen LogP contribution in [0.25, 0.3) is 0 Å². The van der Waals surface area contributed by atoms with Gasteiger partial charge < -0.3 is 24.1 Å². The number of furan rings is 1. The van der Waals surface area contributed by atoms with E-state index in [0.717, 1.165) is 0 Å². The van der Waals surface area contributed by atoms with Crippen LogP contribution in [-0.2, 0) is 19.1 Å². The highest BCUT2D eigenvalue weighted by molar-refractivity contribution is 5.92. The second kappa shape index (κ2) is 6.06. The van der Waals surface area contributed by atoms with Gasteiger partial charge in [0.2, 0.25) is 0 Å². The number of methoxy groups -OCH3 is 1. The summed E-state index contributed by atoms with van der Waals surface area (Å²) in [5.41, 5.74) is -2.60. The van der Waals surface area contributed by atoms with Crippen molar-refractivity contribution in [1.82, 2.24) is 0 Å². The Kier molecular flexibility index (Phi) is 4.10. The highest BCUT2D eigenvalue weighted by Gasteiger charge is 2.67. The molecule has 150 valence electrons. The van der Waals surface area contributed by atoms with E-state index in [1.54, 1.807) is 12.1 Å². The Balaban J connectivity index is 1.85. The molecular formula is C21H24O7. The number of aliphatic hydroxyl groups excluding tert-OH is 1. The van der Waals surface area contributed by atoms with Gasteiger partial charge in [0, 0.05) is 22.0 Å². The molecule has 2 N–H and O–H groups in total. The molecule has 0 amide bonds. The Labute approximate surface area is 162 Å². The van der Waals surface area contributed by atoms with Gasteiger partial charge in [-0.25, -0.2) is 9.59 Å². The van der Waals surface area contributed by atoms with Crippen molar-refractivity contribution >= 4 is 11.9 Å². The lowest BCUT2D eigenvalue weighted by Crippen LogP contribution is -2.65. The van der Waals surface area contributed by atoms with Crippen LogP contribution in [0.3, 0.4) is 0 Å². The third-order valence-electron chi connectivity index (χ3n) is 6.94. The van der Waals surface area contributed by atoms with Crippen molar-refractivity contribution in [2.45, 2.75) is 44.5 Å². The number of carbonyl (C=O) groups is 2. The number of hydrogen-bond acceptors (Lipinski definition) is 7. The summed E-state index contributed by atoms with van der Waals surface area (Å²) in [6.07, 6.45) is 6.78. The lowest BCUT2D eigenvalue weighted by atomic mass is 9.46. The summed E-state index contributed by atoms with van der Waals surface area (Å²) in [6, 6.07) is 1.72. The van der Waals surface area contributed by atoms with E-state index < -0.39 is 46.5 Å². The van der Waals surface area contributed by atoms with Gasteiger partial charge in [0.15, 0.2) is 5.60 Å². The Morgan fingerprint density at radius 3 is 2.71 bits per heavy atom. The summed E-state index contributed by atoms with van der Waals surface area (Å²) < 4.78 is 15.6. The first-order valence-corrected chi connectivity index (χ1v) is 9.30. The molecule has 0 aromatic carbocycles. The van der Waals surface area contributed by atoms with E-state index in [1.807, 2.05) is 13.8 Å². The van der Waals surface area contributed by atoms with E-state index in [9.17, 15) is 19.8 Å². The largest absolute Gasteiger partial charge is 0.472 e. The predicted molar refractivity (Wildman–Crippen MR) is 96.7 cm³/mol. The monoisotopic (exact) mass is 388 g/mol.